The Morgan fingerprint density at radius 3 is 2.44 bits per heavy atom. The number of amides is 2. The summed E-state index contributed by atoms with van der Waals surface area (Å²) in [5.74, 6) is 1.59. The zero-order valence-corrected chi connectivity index (χ0v) is 15.9. The molecular formula is C20H28N4O3. The van der Waals surface area contributed by atoms with Crippen molar-refractivity contribution < 1.29 is 14.3 Å². The molecule has 2 saturated heterocycles. The molecule has 0 bridgehead atoms. The molecule has 7 nitrogen and oxygen atoms in total. The lowest BCUT2D eigenvalue weighted by Crippen LogP contribution is -2.50. The van der Waals surface area contributed by atoms with Crippen molar-refractivity contribution in [2.75, 3.05) is 33.2 Å². The van der Waals surface area contributed by atoms with Gasteiger partial charge in [-0.15, -0.1) is 0 Å². The minimum atomic E-state index is -0.0677. The molecule has 0 spiro atoms. The van der Waals surface area contributed by atoms with E-state index in [2.05, 4.69) is 15.2 Å². The highest BCUT2D eigenvalue weighted by molar-refractivity contribution is 5.97. The predicted octanol–water partition coefficient (Wildman–Crippen LogP) is 1.64. The van der Waals surface area contributed by atoms with Crippen molar-refractivity contribution in [3.8, 4) is 5.75 Å². The fraction of sp³-hybridized carbons (Fsp3) is 0.550. The van der Waals surface area contributed by atoms with Gasteiger partial charge in [0.2, 0.25) is 11.8 Å². The Morgan fingerprint density at radius 1 is 1.15 bits per heavy atom. The van der Waals surface area contributed by atoms with Crippen LogP contribution in [0, 0.1) is 0 Å². The fourth-order valence-corrected chi connectivity index (χ4v) is 3.54. The summed E-state index contributed by atoms with van der Waals surface area (Å²) < 4.78 is 6.03. The van der Waals surface area contributed by atoms with E-state index in [-0.39, 0.29) is 17.9 Å². The van der Waals surface area contributed by atoms with E-state index in [0.717, 1.165) is 37.6 Å². The van der Waals surface area contributed by atoms with Crippen molar-refractivity contribution >= 4 is 17.8 Å². The summed E-state index contributed by atoms with van der Waals surface area (Å²) in [7, 11) is 1.76. The van der Waals surface area contributed by atoms with Gasteiger partial charge in [-0.1, -0.05) is 18.2 Å². The van der Waals surface area contributed by atoms with Gasteiger partial charge in [-0.2, -0.15) is 0 Å². The fourth-order valence-electron chi connectivity index (χ4n) is 3.54. The largest absolute Gasteiger partial charge is 0.490 e. The summed E-state index contributed by atoms with van der Waals surface area (Å²) in [6.07, 6.45) is 3.68. The number of benzene rings is 1. The van der Waals surface area contributed by atoms with E-state index in [1.54, 1.807) is 7.05 Å². The molecule has 0 unspecified atom stereocenters. The molecule has 2 aliphatic rings. The van der Waals surface area contributed by atoms with Crippen LogP contribution in [0.4, 0.5) is 0 Å². The zero-order valence-electron chi connectivity index (χ0n) is 15.9. The first kappa shape index (κ1) is 19.2. The van der Waals surface area contributed by atoms with Crippen LogP contribution in [-0.2, 0) is 9.59 Å². The van der Waals surface area contributed by atoms with Gasteiger partial charge in [0.05, 0.1) is 0 Å². The standard InChI is InChI=1S/C20H28N4O3/c1-21-20(22-12-15-24-18(25)8-5-9-19(24)26)23-13-10-17(11-14-23)27-16-6-3-2-4-7-16/h2-4,6-7,17H,5,8-15H2,1H3,(H,21,22). The van der Waals surface area contributed by atoms with E-state index in [4.69, 9.17) is 4.74 Å². The number of hydrogen-bond acceptors (Lipinski definition) is 4. The Morgan fingerprint density at radius 2 is 1.81 bits per heavy atom. The number of guanidine groups is 1. The van der Waals surface area contributed by atoms with Gasteiger partial charge in [0, 0.05) is 58.9 Å². The number of carbonyl (C=O) groups is 2. The van der Waals surface area contributed by atoms with Crippen LogP contribution in [0.3, 0.4) is 0 Å². The molecule has 2 amide bonds. The van der Waals surface area contributed by atoms with Crippen LogP contribution < -0.4 is 10.1 Å². The van der Waals surface area contributed by atoms with Crippen molar-refractivity contribution in [2.24, 2.45) is 4.99 Å². The lowest BCUT2D eigenvalue weighted by atomic mass is 10.1. The van der Waals surface area contributed by atoms with Crippen molar-refractivity contribution in [3.63, 3.8) is 0 Å². The Kier molecular flexibility index (Phi) is 6.68. The summed E-state index contributed by atoms with van der Waals surface area (Å²) in [5, 5.41) is 3.28. The Bertz CT molecular complexity index is 653. The van der Waals surface area contributed by atoms with Gasteiger partial charge in [-0.05, 0) is 18.6 Å². The maximum atomic E-state index is 11.9. The number of imide groups is 1. The minimum absolute atomic E-state index is 0.0677. The Hall–Kier alpha value is -2.57. The van der Waals surface area contributed by atoms with Gasteiger partial charge in [-0.25, -0.2) is 0 Å². The lowest BCUT2D eigenvalue weighted by molar-refractivity contribution is -0.147. The molecule has 7 heteroatoms. The molecule has 2 fully saturated rings. The third-order valence-electron chi connectivity index (χ3n) is 5.00. The number of aliphatic imine (C=N–C) groups is 1. The van der Waals surface area contributed by atoms with E-state index in [1.165, 1.54) is 4.90 Å². The molecule has 3 rings (SSSR count). The molecule has 0 saturated carbocycles. The highest BCUT2D eigenvalue weighted by Gasteiger charge is 2.26. The molecule has 0 aliphatic carbocycles. The first-order chi connectivity index (χ1) is 13.2. The summed E-state index contributed by atoms with van der Waals surface area (Å²) in [6, 6.07) is 9.91. The summed E-state index contributed by atoms with van der Waals surface area (Å²) in [4.78, 5) is 31.6. The molecule has 0 aromatic heterocycles. The number of carbonyl (C=O) groups excluding carboxylic acids is 2. The quantitative estimate of drug-likeness (QED) is 0.483. The number of para-hydroxylation sites is 1. The summed E-state index contributed by atoms with van der Waals surface area (Å²) in [5.41, 5.74) is 0. The van der Waals surface area contributed by atoms with Crippen molar-refractivity contribution in [1.82, 2.24) is 15.1 Å². The number of nitrogens with zero attached hydrogens (tertiary/aromatic N) is 3. The normalized spacial score (nSPS) is 19.4. The van der Waals surface area contributed by atoms with Gasteiger partial charge in [0.15, 0.2) is 5.96 Å². The molecule has 1 N–H and O–H groups in total. The molecule has 27 heavy (non-hydrogen) atoms. The van der Waals surface area contributed by atoms with Crippen LogP contribution in [0.25, 0.3) is 0 Å². The highest BCUT2D eigenvalue weighted by Crippen LogP contribution is 2.18. The van der Waals surface area contributed by atoms with Crippen LogP contribution in [0.5, 0.6) is 5.75 Å². The zero-order chi connectivity index (χ0) is 19.1. The molecule has 2 aliphatic heterocycles. The minimum Gasteiger partial charge on any atom is -0.490 e. The summed E-state index contributed by atoms with van der Waals surface area (Å²) in [6.45, 7) is 2.63. The van der Waals surface area contributed by atoms with E-state index in [0.29, 0.717) is 32.4 Å². The topological polar surface area (TPSA) is 74.2 Å². The number of ether oxygens (including phenoxy) is 1. The lowest BCUT2D eigenvalue weighted by Gasteiger charge is -2.34. The molecule has 1 aromatic rings. The second-order valence-corrected chi connectivity index (χ2v) is 6.88. The molecule has 1 aromatic carbocycles. The number of hydrogen-bond donors (Lipinski definition) is 1. The van der Waals surface area contributed by atoms with Gasteiger partial charge in [0.1, 0.15) is 11.9 Å². The molecular weight excluding hydrogens is 344 g/mol. The Labute approximate surface area is 160 Å². The van der Waals surface area contributed by atoms with Crippen molar-refractivity contribution in [1.29, 1.82) is 0 Å². The van der Waals surface area contributed by atoms with Crippen molar-refractivity contribution in [2.45, 2.75) is 38.2 Å². The third-order valence-corrected chi connectivity index (χ3v) is 5.00. The van der Waals surface area contributed by atoms with Gasteiger partial charge < -0.3 is 15.0 Å². The van der Waals surface area contributed by atoms with Gasteiger partial charge in [-0.3, -0.25) is 19.5 Å². The third kappa shape index (κ3) is 5.21. The number of nitrogens with one attached hydrogen (secondary N) is 1. The second-order valence-electron chi connectivity index (χ2n) is 6.88. The first-order valence-electron chi connectivity index (χ1n) is 9.68. The maximum Gasteiger partial charge on any atom is 0.229 e. The van der Waals surface area contributed by atoms with Crippen LogP contribution in [-0.4, -0.2) is 66.9 Å². The highest BCUT2D eigenvalue weighted by atomic mass is 16.5. The summed E-state index contributed by atoms with van der Waals surface area (Å²) >= 11 is 0. The van der Waals surface area contributed by atoms with Crippen LogP contribution in [0.2, 0.25) is 0 Å². The van der Waals surface area contributed by atoms with E-state index in [1.807, 2.05) is 30.3 Å². The van der Waals surface area contributed by atoms with E-state index in [9.17, 15) is 9.59 Å². The van der Waals surface area contributed by atoms with Crippen molar-refractivity contribution in [3.05, 3.63) is 30.3 Å². The van der Waals surface area contributed by atoms with E-state index >= 15 is 0 Å². The maximum absolute atomic E-state index is 11.9. The average molecular weight is 372 g/mol. The van der Waals surface area contributed by atoms with Crippen LogP contribution in [0.1, 0.15) is 32.1 Å². The van der Waals surface area contributed by atoms with Gasteiger partial charge in [0.25, 0.3) is 0 Å². The second kappa shape index (κ2) is 9.39. The SMILES string of the molecule is CN=C(NCCN1C(=O)CCCC1=O)N1CCC(Oc2ccccc2)CC1. The van der Waals surface area contributed by atoms with Gasteiger partial charge >= 0.3 is 0 Å². The smallest absolute Gasteiger partial charge is 0.229 e. The number of piperidine rings is 2. The molecule has 146 valence electrons. The van der Waals surface area contributed by atoms with Crippen LogP contribution >= 0.6 is 0 Å². The molecule has 0 radical (unpaired) electrons. The average Bonchev–Trinajstić information content (AvgIpc) is 2.69. The first-order valence-corrected chi connectivity index (χ1v) is 9.68. The predicted molar refractivity (Wildman–Crippen MR) is 104 cm³/mol. The monoisotopic (exact) mass is 372 g/mol. The van der Waals surface area contributed by atoms with E-state index < -0.39 is 0 Å². The molecule has 0 atom stereocenters. The number of rotatable bonds is 5. The Balaban J connectivity index is 1.42. The number of likely N-dealkylation sites (tertiary alicyclic amines) is 2. The van der Waals surface area contributed by atoms with Crippen LogP contribution in [0.15, 0.2) is 35.3 Å². The molecule has 2 heterocycles.